The maximum atomic E-state index is 14.2. The lowest BCUT2D eigenvalue weighted by Gasteiger charge is -2.20. The van der Waals surface area contributed by atoms with Crippen LogP contribution in [-0.2, 0) is 4.57 Å². The Kier molecular flexibility index (Phi) is 28.2. The first-order valence-corrected chi connectivity index (χ1v) is 46.5. The zero-order valence-electron chi connectivity index (χ0n) is 79.6. The Hall–Kier alpha value is -12.5. The molecule has 19 aromatic carbocycles. The molecule has 0 bridgehead atoms. The number of aryl methyl sites for hydroxylation is 26. The van der Waals surface area contributed by atoms with E-state index in [1.54, 1.807) is 0 Å². The van der Waals surface area contributed by atoms with E-state index in [1.807, 2.05) is 93.6 Å². The van der Waals surface area contributed by atoms with Crippen LogP contribution < -0.4 is 15.9 Å². The number of rotatable bonds is 6. The molecule has 0 unspecified atom stereocenters. The van der Waals surface area contributed by atoms with E-state index in [9.17, 15) is 4.57 Å². The van der Waals surface area contributed by atoms with Crippen LogP contribution in [0.4, 0.5) is 0 Å². The quantitative estimate of drug-likeness (QED) is 0.0921. The molecule has 0 saturated heterocycles. The van der Waals surface area contributed by atoms with Gasteiger partial charge in [0.1, 0.15) is 0 Å². The van der Waals surface area contributed by atoms with E-state index in [0.717, 1.165) is 15.9 Å². The molecule has 19 rings (SSSR count). The molecule has 0 aliphatic rings. The fourth-order valence-corrected chi connectivity index (χ4v) is 20.6. The number of fused-ring (bicyclic) bond motifs is 4. The van der Waals surface area contributed by atoms with Gasteiger partial charge in [-0.25, -0.2) is 0 Å². The van der Waals surface area contributed by atoms with Crippen LogP contribution >= 0.6 is 7.14 Å². The first-order valence-electron chi connectivity index (χ1n) is 44.8. The second-order valence-corrected chi connectivity index (χ2v) is 39.0. The monoisotopic (exact) mass is 1660 g/mol. The molecule has 2 heteroatoms. The van der Waals surface area contributed by atoms with Crippen molar-refractivity contribution in [3.05, 3.63) is 442 Å². The highest BCUT2D eigenvalue weighted by Crippen LogP contribution is 2.44. The molecule has 19 aromatic rings. The van der Waals surface area contributed by atoms with E-state index >= 15 is 0 Å². The van der Waals surface area contributed by atoms with Crippen LogP contribution in [0.1, 0.15) is 145 Å². The minimum Gasteiger partial charge on any atom is -0.309 e. The molecule has 0 aliphatic carbocycles. The molecule has 0 aliphatic heterocycles. The summed E-state index contributed by atoms with van der Waals surface area (Å²) in [5.41, 5.74) is 42.5. The van der Waals surface area contributed by atoms with Crippen LogP contribution in [0, 0.1) is 180 Å². The van der Waals surface area contributed by atoms with Crippen LogP contribution in [0.15, 0.2) is 297 Å². The highest BCUT2D eigenvalue weighted by molar-refractivity contribution is 7.85. The van der Waals surface area contributed by atoms with Crippen molar-refractivity contribution in [1.29, 1.82) is 0 Å². The summed E-state index contributed by atoms with van der Waals surface area (Å²) in [5, 5.41) is 22.4. The Balaban J connectivity index is 0.000000128. The molecule has 0 radical (unpaired) electrons. The van der Waals surface area contributed by atoms with Crippen molar-refractivity contribution in [1.82, 2.24) is 0 Å². The smallest absolute Gasteiger partial charge is 0.171 e. The topological polar surface area (TPSA) is 17.1 Å². The normalized spacial score (nSPS) is 11.1. The number of hydrogen-bond acceptors (Lipinski definition) is 1. The van der Waals surface area contributed by atoms with E-state index in [4.69, 9.17) is 0 Å². The van der Waals surface area contributed by atoms with Gasteiger partial charge >= 0.3 is 0 Å². The van der Waals surface area contributed by atoms with Crippen LogP contribution in [0.3, 0.4) is 0 Å². The highest BCUT2D eigenvalue weighted by Gasteiger charge is 2.30. The second-order valence-electron chi connectivity index (χ2n) is 36.2. The van der Waals surface area contributed by atoms with E-state index < -0.39 is 7.14 Å². The Morgan fingerprint density at radius 2 is 0.333 bits per heavy atom. The van der Waals surface area contributed by atoms with E-state index in [-0.39, 0.29) is 0 Å². The molecule has 0 fully saturated rings. The molecule has 0 saturated carbocycles. The van der Waals surface area contributed by atoms with Crippen molar-refractivity contribution < 1.29 is 4.57 Å². The predicted octanol–water partition coefficient (Wildman–Crippen LogP) is 34.0. The van der Waals surface area contributed by atoms with Gasteiger partial charge in [0.2, 0.25) is 0 Å². The maximum Gasteiger partial charge on any atom is 0.171 e. The summed E-state index contributed by atoms with van der Waals surface area (Å²) < 4.78 is 14.2. The third-order valence-electron chi connectivity index (χ3n) is 26.4. The van der Waals surface area contributed by atoms with Gasteiger partial charge in [-0.15, -0.1) is 0 Å². The average Bonchev–Trinajstić information content (AvgIpc) is 0.723. The van der Waals surface area contributed by atoms with E-state index in [2.05, 4.69) is 384 Å². The molecular weight excluding hydrogens is 1540 g/mol. The summed E-state index contributed by atoms with van der Waals surface area (Å²) >= 11 is 0. The van der Waals surface area contributed by atoms with Crippen molar-refractivity contribution in [3.63, 3.8) is 0 Å². The largest absolute Gasteiger partial charge is 0.309 e. The minimum absolute atomic E-state index is 0.885. The SMILES string of the molecule is Cc1cc(C)c(C)cc1C.Cc1cc(C)c2ccc3c(C)cc(C)c4ccc1c2c43.Cc1ccc(-c2cc(-c3ccc(C)cc3)cc(-c3ccc(C)cc3)c2)cc1.Cc1ccc(C)c2c(C)ccc(C)c12.Cc1ccc(P(=O)(c2ccc(C)cc2)c2ccc(C)cc2)cc1.Cc1ccc2c(C)c(C)ccc2c1C.Cc1ccc2c(C)c3cc(C)ccc3c(C)c2c1. The predicted molar refractivity (Wildman–Crippen MR) is 558 cm³/mol. The van der Waals surface area contributed by atoms with Gasteiger partial charge in [-0.3, -0.25) is 0 Å². The summed E-state index contributed by atoms with van der Waals surface area (Å²) in [5.74, 6) is 0. The fourth-order valence-electron chi connectivity index (χ4n) is 18.0. The van der Waals surface area contributed by atoms with Crippen molar-refractivity contribution in [2.24, 2.45) is 0 Å². The lowest BCUT2D eigenvalue weighted by Crippen LogP contribution is -2.25. The van der Waals surface area contributed by atoms with Gasteiger partial charge in [-0.1, -0.05) is 324 Å². The molecule has 0 heterocycles. The summed E-state index contributed by atoms with van der Waals surface area (Å²) in [6.07, 6.45) is 0. The van der Waals surface area contributed by atoms with Gasteiger partial charge in [-0.05, 0) is 407 Å². The first kappa shape index (κ1) is 91.2. The Morgan fingerprint density at radius 3 is 0.587 bits per heavy atom. The summed E-state index contributed by atoms with van der Waals surface area (Å²) in [6, 6.07) is 107. The molecule has 0 atom stereocenters. The average molecular weight is 1660 g/mol. The molecule has 0 spiro atoms. The van der Waals surface area contributed by atoms with Gasteiger partial charge in [0.05, 0.1) is 0 Å². The van der Waals surface area contributed by atoms with Gasteiger partial charge in [0.15, 0.2) is 7.14 Å². The fraction of sp³-hybridized carbons (Fsp3) is 0.210. The maximum absolute atomic E-state index is 14.2. The van der Waals surface area contributed by atoms with Crippen LogP contribution in [0.5, 0.6) is 0 Å². The molecule has 1 nitrogen and oxygen atoms in total. The number of benzene rings is 19. The highest BCUT2D eigenvalue weighted by atomic mass is 31.2. The van der Waals surface area contributed by atoms with Crippen molar-refractivity contribution >= 4 is 98.5 Å². The third kappa shape index (κ3) is 19.9. The van der Waals surface area contributed by atoms with Crippen molar-refractivity contribution in [3.8, 4) is 33.4 Å². The van der Waals surface area contributed by atoms with E-state index in [1.165, 1.54) is 253 Å². The zero-order valence-corrected chi connectivity index (χ0v) is 80.5. The lowest BCUT2D eigenvalue weighted by molar-refractivity contribution is 0.592. The standard InChI is InChI=1S/C27H24.C21H21OP.C20H18.C18H18.2C14H16.C10H14/c1-19-4-10-22(11-5-19)25-16-26(23-12-6-20(2)7-13-23)18-27(17-25)24-14-8-21(3)9-15-24;1-16-4-10-19(11-5-16)23(22,20-12-6-17(2)7-13-20)21-14-8-18(3)9-15-21;1-11-9-12(2)16-7-8-18-14(4)10-13(3)17-6-5-15(11)19(16)20(17)18;1-11-5-7-15-14(4)18-10-12(2)6-8-16(18)13(3)17(15)9-11;1-9-5-7-14-12(4)10(2)6-8-13(14)11(9)3;1-9-5-6-11(3)14-12(4)8-7-10(2)13(9)14;1-7-5-9(3)10(4)6-8(7)2/h4-18H,1-3H3;4-15H,1-3H3;5-10H,1-4H3;5-10H,1-4H3;2*5-8H,1-4H3;5-6H,1-4H3. The van der Waals surface area contributed by atoms with Crippen LogP contribution in [0.25, 0.3) is 109 Å². The van der Waals surface area contributed by atoms with Gasteiger partial charge < -0.3 is 4.57 Å². The molecule has 0 N–H and O–H groups in total. The molecular formula is C124H127OP. The lowest BCUT2D eigenvalue weighted by atomic mass is 9.87. The Bertz CT molecular complexity index is 6570. The molecule has 634 valence electrons. The number of hydrogen-bond donors (Lipinski definition) is 0. The summed E-state index contributed by atoms with van der Waals surface area (Å²) in [7, 11) is -2.84. The molecule has 126 heavy (non-hydrogen) atoms. The summed E-state index contributed by atoms with van der Waals surface area (Å²) in [6.45, 7) is 56.3. The Morgan fingerprint density at radius 1 is 0.135 bits per heavy atom. The van der Waals surface area contributed by atoms with Gasteiger partial charge in [0, 0.05) is 15.9 Å². The zero-order chi connectivity index (χ0) is 90.4. The summed E-state index contributed by atoms with van der Waals surface area (Å²) in [4.78, 5) is 0. The van der Waals surface area contributed by atoms with Crippen LogP contribution in [0.2, 0.25) is 0 Å². The molecule has 0 amide bonds. The van der Waals surface area contributed by atoms with Crippen molar-refractivity contribution in [2.45, 2.75) is 180 Å². The van der Waals surface area contributed by atoms with Gasteiger partial charge in [0.25, 0.3) is 0 Å². The second kappa shape index (κ2) is 38.9. The van der Waals surface area contributed by atoms with Crippen molar-refractivity contribution in [2.75, 3.05) is 0 Å². The Labute approximate surface area is 753 Å². The first-order chi connectivity index (χ1) is 60.1. The minimum atomic E-state index is -2.84. The molecule has 0 aromatic heterocycles. The third-order valence-corrected chi connectivity index (χ3v) is 29.4. The van der Waals surface area contributed by atoms with Gasteiger partial charge in [-0.2, -0.15) is 0 Å². The van der Waals surface area contributed by atoms with E-state index in [0.29, 0.717) is 0 Å². The van der Waals surface area contributed by atoms with Crippen LogP contribution in [-0.4, -0.2) is 0 Å².